The van der Waals surface area contributed by atoms with E-state index in [4.69, 9.17) is 5.84 Å². The summed E-state index contributed by atoms with van der Waals surface area (Å²) in [6, 6.07) is 11.0. The van der Waals surface area contributed by atoms with Crippen LogP contribution in [0.2, 0.25) is 0 Å². The summed E-state index contributed by atoms with van der Waals surface area (Å²) in [6.45, 7) is 0. The van der Waals surface area contributed by atoms with Gasteiger partial charge in [0, 0.05) is 16.7 Å². The maximum Gasteiger partial charge on any atom is 0.284 e. The number of hydrazine groups is 1. The van der Waals surface area contributed by atoms with Crippen molar-refractivity contribution in [2.24, 2.45) is 5.84 Å². The predicted molar refractivity (Wildman–Crippen MR) is 78.5 cm³/mol. The number of benzene rings is 2. The number of aliphatic hydroxyl groups is 1. The molecule has 2 aromatic rings. The third kappa shape index (κ3) is 2.02. The van der Waals surface area contributed by atoms with Gasteiger partial charge < -0.3 is 10.2 Å². The summed E-state index contributed by atoms with van der Waals surface area (Å²) in [7, 11) is 0. The monoisotopic (exact) mass is 312 g/mol. The molecule has 0 saturated heterocycles. The predicted octanol–water partition coefficient (Wildman–Crippen LogP) is 0.476. The standard InChI is InChI=1S/C16H12N2O5/c17-18(15(22)9-4-3-5-10(19)8-9)16(23)13(20)11-6-1-2-7-12(11)14(16)21/h1-8,19,23H,17H2. The minimum atomic E-state index is -2.80. The van der Waals surface area contributed by atoms with E-state index in [1.54, 1.807) is 0 Å². The Bertz CT molecular complexity index is 811. The zero-order valence-corrected chi connectivity index (χ0v) is 11.8. The molecule has 116 valence electrons. The molecule has 0 heterocycles. The number of ketones is 2. The Kier molecular flexibility index (Phi) is 3.24. The van der Waals surface area contributed by atoms with Crippen LogP contribution in [0.3, 0.4) is 0 Å². The Balaban J connectivity index is 2.03. The molecule has 0 spiro atoms. The van der Waals surface area contributed by atoms with Gasteiger partial charge in [-0.3, -0.25) is 14.4 Å². The number of phenolic OH excluding ortho intramolecular Hbond substituents is 1. The summed E-state index contributed by atoms with van der Waals surface area (Å²) in [4.78, 5) is 37.1. The second kappa shape index (κ2) is 5.01. The van der Waals surface area contributed by atoms with Crippen molar-refractivity contribution in [2.45, 2.75) is 5.72 Å². The zero-order valence-electron chi connectivity index (χ0n) is 11.8. The van der Waals surface area contributed by atoms with E-state index < -0.39 is 23.2 Å². The van der Waals surface area contributed by atoms with Gasteiger partial charge in [-0.25, -0.2) is 10.9 Å². The largest absolute Gasteiger partial charge is 0.508 e. The summed E-state index contributed by atoms with van der Waals surface area (Å²) >= 11 is 0. The smallest absolute Gasteiger partial charge is 0.284 e. The van der Waals surface area contributed by atoms with E-state index in [1.165, 1.54) is 42.5 Å². The summed E-state index contributed by atoms with van der Waals surface area (Å²) in [5.74, 6) is 2.52. The molecule has 4 N–H and O–H groups in total. The number of nitrogens with two attached hydrogens (primary N) is 1. The van der Waals surface area contributed by atoms with Crippen molar-refractivity contribution >= 4 is 17.5 Å². The highest BCUT2D eigenvalue weighted by atomic mass is 16.3. The van der Waals surface area contributed by atoms with E-state index in [2.05, 4.69) is 0 Å². The summed E-state index contributed by atoms with van der Waals surface area (Å²) in [5, 5.41) is 20.1. The van der Waals surface area contributed by atoms with E-state index in [0.29, 0.717) is 0 Å². The molecule has 1 aliphatic rings. The molecule has 0 fully saturated rings. The molecule has 0 unspecified atom stereocenters. The molecule has 1 amide bonds. The van der Waals surface area contributed by atoms with Crippen LogP contribution in [0.25, 0.3) is 0 Å². The first-order valence-corrected chi connectivity index (χ1v) is 6.66. The highest BCUT2D eigenvalue weighted by molar-refractivity contribution is 6.32. The minimum Gasteiger partial charge on any atom is -0.508 e. The van der Waals surface area contributed by atoms with Crippen LogP contribution in [0.4, 0.5) is 0 Å². The molecule has 0 aromatic heterocycles. The van der Waals surface area contributed by atoms with Gasteiger partial charge in [0.2, 0.25) is 11.6 Å². The lowest BCUT2D eigenvalue weighted by Crippen LogP contribution is -2.62. The van der Waals surface area contributed by atoms with Gasteiger partial charge in [0.1, 0.15) is 5.75 Å². The Labute approximate surface area is 130 Å². The van der Waals surface area contributed by atoms with E-state index in [1.807, 2.05) is 0 Å². The van der Waals surface area contributed by atoms with Crippen LogP contribution < -0.4 is 5.84 Å². The molecule has 0 atom stereocenters. The number of phenols is 1. The lowest BCUT2D eigenvalue weighted by Gasteiger charge is -2.29. The van der Waals surface area contributed by atoms with Crippen molar-refractivity contribution in [3.05, 3.63) is 65.2 Å². The van der Waals surface area contributed by atoms with Crippen LogP contribution in [0.5, 0.6) is 5.75 Å². The number of carbonyl (C=O) groups excluding carboxylic acids is 3. The molecule has 7 heteroatoms. The van der Waals surface area contributed by atoms with Gasteiger partial charge >= 0.3 is 0 Å². The van der Waals surface area contributed by atoms with E-state index in [0.717, 1.165) is 6.07 Å². The quantitative estimate of drug-likeness (QED) is 0.244. The molecule has 0 aliphatic heterocycles. The van der Waals surface area contributed by atoms with Gasteiger partial charge in [0.15, 0.2) is 0 Å². The van der Waals surface area contributed by atoms with Crippen LogP contribution in [0.1, 0.15) is 31.1 Å². The number of rotatable bonds is 2. The lowest BCUT2D eigenvalue weighted by atomic mass is 10.1. The first-order chi connectivity index (χ1) is 10.9. The Morgan fingerprint density at radius 1 is 1.00 bits per heavy atom. The maximum absolute atomic E-state index is 12.4. The Morgan fingerprint density at radius 3 is 2.09 bits per heavy atom. The van der Waals surface area contributed by atoms with Gasteiger partial charge in [-0.1, -0.05) is 30.3 Å². The van der Waals surface area contributed by atoms with Crippen LogP contribution in [-0.4, -0.2) is 38.4 Å². The van der Waals surface area contributed by atoms with E-state index in [9.17, 15) is 24.6 Å². The van der Waals surface area contributed by atoms with Crippen molar-refractivity contribution in [2.75, 3.05) is 0 Å². The molecule has 23 heavy (non-hydrogen) atoms. The maximum atomic E-state index is 12.4. The summed E-state index contributed by atoms with van der Waals surface area (Å²) < 4.78 is 0. The molecule has 2 aromatic carbocycles. The average Bonchev–Trinajstić information content (AvgIpc) is 2.76. The van der Waals surface area contributed by atoms with Crippen LogP contribution >= 0.6 is 0 Å². The van der Waals surface area contributed by atoms with E-state index in [-0.39, 0.29) is 27.4 Å². The molecule has 0 bridgehead atoms. The van der Waals surface area contributed by atoms with Gasteiger partial charge in [-0.2, -0.15) is 0 Å². The second-order valence-electron chi connectivity index (χ2n) is 5.10. The van der Waals surface area contributed by atoms with Crippen LogP contribution in [-0.2, 0) is 0 Å². The number of hydrogen-bond acceptors (Lipinski definition) is 6. The van der Waals surface area contributed by atoms with Gasteiger partial charge in [-0.05, 0) is 18.2 Å². The second-order valence-corrected chi connectivity index (χ2v) is 5.10. The normalized spacial score (nSPS) is 15.4. The third-order valence-electron chi connectivity index (χ3n) is 3.71. The number of aromatic hydroxyl groups is 1. The fourth-order valence-corrected chi connectivity index (χ4v) is 2.50. The summed E-state index contributed by atoms with van der Waals surface area (Å²) in [5.41, 5.74) is -2.87. The Hall–Kier alpha value is -3.03. The third-order valence-corrected chi connectivity index (χ3v) is 3.71. The number of Topliss-reactive ketones (excluding diaryl/α,β-unsaturated/α-hetero) is 2. The van der Waals surface area contributed by atoms with Crippen LogP contribution in [0.15, 0.2) is 48.5 Å². The average molecular weight is 312 g/mol. The number of fused-ring (bicyclic) bond motifs is 1. The van der Waals surface area contributed by atoms with E-state index >= 15 is 0 Å². The number of nitrogens with zero attached hydrogens (tertiary/aromatic N) is 1. The zero-order chi connectivity index (χ0) is 16.8. The summed E-state index contributed by atoms with van der Waals surface area (Å²) in [6.07, 6.45) is 0. The molecule has 7 nitrogen and oxygen atoms in total. The highest BCUT2D eigenvalue weighted by Crippen LogP contribution is 2.32. The van der Waals surface area contributed by atoms with Gasteiger partial charge in [-0.15, -0.1) is 0 Å². The van der Waals surface area contributed by atoms with Crippen molar-refractivity contribution in [1.82, 2.24) is 5.01 Å². The van der Waals surface area contributed by atoms with Gasteiger partial charge in [0.05, 0.1) is 0 Å². The number of amides is 1. The molecule has 0 radical (unpaired) electrons. The fraction of sp³-hybridized carbons (Fsp3) is 0.0625. The van der Waals surface area contributed by atoms with Gasteiger partial charge in [0.25, 0.3) is 11.6 Å². The van der Waals surface area contributed by atoms with Crippen molar-refractivity contribution in [3.8, 4) is 5.75 Å². The Morgan fingerprint density at radius 2 is 1.57 bits per heavy atom. The van der Waals surface area contributed by atoms with Crippen molar-refractivity contribution in [3.63, 3.8) is 0 Å². The molecule has 1 aliphatic carbocycles. The SMILES string of the molecule is NN(C(=O)c1cccc(O)c1)C1(O)C(=O)c2ccccc2C1=O. The molecular formula is C16H12N2O5. The van der Waals surface area contributed by atoms with Crippen LogP contribution in [0, 0.1) is 0 Å². The fourth-order valence-electron chi connectivity index (χ4n) is 2.50. The number of hydrogen-bond donors (Lipinski definition) is 3. The lowest BCUT2D eigenvalue weighted by molar-refractivity contribution is -0.0389. The number of carbonyl (C=O) groups is 3. The van der Waals surface area contributed by atoms with Crippen molar-refractivity contribution in [1.29, 1.82) is 0 Å². The highest BCUT2D eigenvalue weighted by Gasteiger charge is 2.57. The first-order valence-electron chi connectivity index (χ1n) is 6.66. The molecular weight excluding hydrogens is 300 g/mol. The first kappa shape index (κ1) is 14.9. The molecule has 0 saturated carbocycles. The minimum absolute atomic E-state index is 0.000779. The molecule has 3 rings (SSSR count). The van der Waals surface area contributed by atoms with Crippen molar-refractivity contribution < 1.29 is 24.6 Å². The topological polar surface area (TPSA) is 121 Å².